The van der Waals surface area contributed by atoms with Crippen LogP contribution in [0.5, 0.6) is 0 Å². The molecular weight excluding hydrogens is 246 g/mol. The maximum Gasteiger partial charge on any atom is 0.326 e. The number of carboxylic acids is 1. The van der Waals surface area contributed by atoms with Crippen molar-refractivity contribution in [2.45, 2.75) is 38.5 Å². The number of carbonyl (C=O) groups is 2. The first-order valence-corrected chi connectivity index (χ1v) is 6.76. The van der Waals surface area contributed by atoms with Crippen molar-refractivity contribution in [1.29, 1.82) is 0 Å². The van der Waals surface area contributed by atoms with Gasteiger partial charge in [-0.2, -0.15) is 0 Å². The third-order valence-corrected chi connectivity index (χ3v) is 5.07. The Hall–Kier alpha value is -1.11. The van der Waals surface area contributed by atoms with Crippen molar-refractivity contribution < 1.29 is 23.1 Å². The number of likely N-dealkylation sites (N-methyl/N-ethyl adjacent to an activating group) is 1. The van der Waals surface area contributed by atoms with Crippen molar-refractivity contribution in [3.63, 3.8) is 0 Å². The molecule has 0 saturated heterocycles. The average molecular weight is 265 g/mol. The zero-order chi connectivity index (χ0) is 14.0. The van der Waals surface area contributed by atoms with Gasteiger partial charge in [0.05, 0.1) is 4.75 Å². The lowest BCUT2D eigenvalue weighted by atomic mass is 10.3. The van der Waals surface area contributed by atoms with Crippen LogP contribution < -0.4 is 0 Å². The maximum atomic E-state index is 11.8. The molecule has 7 heteroatoms. The van der Waals surface area contributed by atoms with Crippen LogP contribution in [-0.4, -0.2) is 53.9 Å². The van der Waals surface area contributed by atoms with Gasteiger partial charge in [-0.25, -0.2) is 13.2 Å². The molecular formula is C10H19NO5S. The van der Waals surface area contributed by atoms with Crippen LogP contribution in [0.4, 0.5) is 0 Å². The van der Waals surface area contributed by atoms with Crippen molar-refractivity contribution >= 4 is 21.7 Å². The second kappa shape index (κ2) is 5.03. The molecule has 1 N–H and O–H groups in total. The van der Waals surface area contributed by atoms with Crippen LogP contribution in [0.1, 0.15) is 27.7 Å². The topological polar surface area (TPSA) is 91.8 Å². The quantitative estimate of drug-likeness (QED) is 0.780. The van der Waals surface area contributed by atoms with E-state index in [1.165, 1.54) is 34.7 Å². The molecule has 1 unspecified atom stereocenters. The van der Waals surface area contributed by atoms with E-state index in [0.717, 1.165) is 4.90 Å². The molecule has 0 heterocycles. The number of amides is 1. The van der Waals surface area contributed by atoms with Gasteiger partial charge in [0.25, 0.3) is 0 Å². The van der Waals surface area contributed by atoms with E-state index < -0.39 is 38.3 Å². The lowest BCUT2D eigenvalue weighted by molar-refractivity contribution is -0.147. The second-order valence-corrected chi connectivity index (χ2v) is 7.63. The fraction of sp³-hybridized carbons (Fsp3) is 0.800. The van der Waals surface area contributed by atoms with E-state index in [0.29, 0.717) is 0 Å². The van der Waals surface area contributed by atoms with E-state index in [-0.39, 0.29) is 0 Å². The number of carboxylic acid groups (broad SMARTS) is 1. The van der Waals surface area contributed by atoms with E-state index in [1.807, 2.05) is 0 Å². The summed E-state index contributed by atoms with van der Waals surface area (Å²) in [6, 6.07) is -1.04. The van der Waals surface area contributed by atoms with Gasteiger partial charge < -0.3 is 10.0 Å². The highest BCUT2D eigenvalue weighted by Crippen LogP contribution is 2.16. The SMILES string of the molecule is CC(C(=O)O)N(C)C(=O)CS(=O)(=O)C(C)(C)C. The first kappa shape index (κ1) is 15.9. The Kier molecular flexibility index (Phi) is 4.70. The third kappa shape index (κ3) is 3.99. The molecule has 0 aromatic rings. The molecule has 0 radical (unpaired) electrons. The van der Waals surface area contributed by atoms with Crippen LogP contribution in [0.2, 0.25) is 0 Å². The van der Waals surface area contributed by atoms with E-state index >= 15 is 0 Å². The number of aliphatic carboxylic acids is 1. The first-order chi connectivity index (χ1) is 7.40. The van der Waals surface area contributed by atoms with Crippen LogP contribution in [0.15, 0.2) is 0 Å². The molecule has 0 aromatic carbocycles. The number of carbonyl (C=O) groups excluding carboxylic acids is 1. The monoisotopic (exact) mass is 265 g/mol. The summed E-state index contributed by atoms with van der Waals surface area (Å²) < 4.78 is 22.5. The molecule has 6 nitrogen and oxygen atoms in total. The number of rotatable bonds is 4. The summed E-state index contributed by atoms with van der Waals surface area (Å²) >= 11 is 0. The molecule has 0 aromatic heterocycles. The van der Waals surface area contributed by atoms with E-state index in [1.54, 1.807) is 0 Å². The van der Waals surface area contributed by atoms with E-state index in [4.69, 9.17) is 5.11 Å². The number of sulfone groups is 1. The van der Waals surface area contributed by atoms with Gasteiger partial charge >= 0.3 is 5.97 Å². The lowest BCUT2D eigenvalue weighted by Gasteiger charge is -2.24. The van der Waals surface area contributed by atoms with Crippen molar-refractivity contribution in [2.24, 2.45) is 0 Å². The van der Waals surface area contributed by atoms with Crippen molar-refractivity contribution in [3.8, 4) is 0 Å². The predicted octanol–water partition coefficient (Wildman–Crippen LogP) is 0.131. The summed E-state index contributed by atoms with van der Waals surface area (Å²) in [5, 5.41) is 8.72. The Balaban J connectivity index is 4.85. The largest absolute Gasteiger partial charge is 0.480 e. The van der Waals surface area contributed by atoms with Gasteiger partial charge in [-0.3, -0.25) is 4.79 Å². The van der Waals surface area contributed by atoms with Crippen LogP contribution in [0.25, 0.3) is 0 Å². The van der Waals surface area contributed by atoms with Gasteiger partial charge in [-0.05, 0) is 27.7 Å². The number of hydrogen-bond acceptors (Lipinski definition) is 4. The summed E-state index contributed by atoms with van der Waals surface area (Å²) in [4.78, 5) is 23.2. The highest BCUT2D eigenvalue weighted by Gasteiger charge is 2.33. The molecule has 0 aliphatic carbocycles. The van der Waals surface area contributed by atoms with Crippen LogP contribution >= 0.6 is 0 Å². The van der Waals surface area contributed by atoms with E-state index in [2.05, 4.69) is 0 Å². The van der Waals surface area contributed by atoms with Gasteiger partial charge in [0.2, 0.25) is 5.91 Å². The average Bonchev–Trinajstić information content (AvgIpc) is 2.12. The van der Waals surface area contributed by atoms with Gasteiger partial charge in [0.15, 0.2) is 9.84 Å². The molecule has 0 aliphatic rings. The number of nitrogens with zero attached hydrogens (tertiary/aromatic N) is 1. The Bertz CT molecular complexity index is 407. The Morgan fingerprint density at radius 2 is 1.71 bits per heavy atom. The molecule has 1 atom stereocenters. The molecule has 17 heavy (non-hydrogen) atoms. The van der Waals surface area contributed by atoms with Gasteiger partial charge in [0, 0.05) is 7.05 Å². The molecule has 0 aliphatic heterocycles. The minimum atomic E-state index is -3.59. The summed E-state index contributed by atoms with van der Waals surface area (Å²) in [5.74, 6) is -2.56. The Labute approximate surface area is 102 Å². The van der Waals surface area contributed by atoms with Gasteiger partial charge in [0.1, 0.15) is 11.8 Å². The molecule has 0 saturated carbocycles. The van der Waals surface area contributed by atoms with Gasteiger partial charge in [-0.15, -0.1) is 0 Å². The standard InChI is InChI=1S/C10H19NO5S/c1-7(9(13)14)11(5)8(12)6-17(15,16)10(2,3)4/h7H,6H2,1-5H3,(H,13,14). The summed E-state index contributed by atoms with van der Waals surface area (Å²) in [6.45, 7) is 5.81. The molecule has 1 amide bonds. The van der Waals surface area contributed by atoms with Crippen LogP contribution in [0.3, 0.4) is 0 Å². The third-order valence-electron chi connectivity index (χ3n) is 2.58. The lowest BCUT2D eigenvalue weighted by Crippen LogP contribution is -2.45. The molecule has 100 valence electrons. The predicted molar refractivity (Wildman–Crippen MR) is 63.4 cm³/mol. The first-order valence-electron chi connectivity index (χ1n) is 5.11. The summed E-state index contributed by atoms with van der Waals surface area (Å²) in [7, 11) is -2.31. The molecule has 0 bridgehead atoms. The normalized spacial score (nSPS) is 14.2. The van der Waals surface area contributed by atoms with Crippen molar-refractivity contribution in [1.82, 2.24) is 4.90 Å². The van der Waals surface area contributed by atoms with E-state index in [9.17, 15) is 18.0 Å². The highest BCUT2D eigenvalue weighted by molar-refractivity contribution is 7.93. The van der Waals surface area contributed by atoms with Gasteiger partial charge in [-0.1, -0.05) is 0 Å². The minimum Gasteiger partial charge on any atom is -0.480 e. The minimum absolute atomic E-state index is 0.676. The summed E-state index contributed by atoms with van der Waals surface area (Å²) in [5.41, 5.74) is 0. The summed E-state index contributed by atoms with van der Waals surface area (Å²) in [6.07, 6.45) is 0. The Morgan fingerprint density at radius 3 is 2.00 bits per heavy atom. The number of hydrogen-bond donors (Lipinski definition) is 1. The van der Waals surface area contributed by atoms with Crippen LogP contribution in [-0.2, 0) is 19.4 Å². The maximum absolute atomic E-state index is 11.8. The molecule has 0 fully saturated rings. The Morgan fingerprint density at radius 1 is 1.29 bits per heavy atom. The van der Waals surface area contributed by atoms with Crippen molar-refractivity contribution in [3.05, 3.63) is 0 Å². The smallest absolute Gasteiger partial charge is 0.326 e. The van der Waals surface area contributed by atoms with Crippen molar-refractivity contribution in [2.75, 3.05) is 12.8 Å². The fourth-order valence-electron chi connectivity index (χ4n) is 0.863. The van der Waals surface area contributed by atoms with Crippen LogP contribution in [0, 0.1) is 0 Å². The molecule has 0 rings (SSSR count). The fourth-order valence-corrected chi connectivity index (χ4v) is 1.82. The second-order valence-electron chi connectivity index (χ2n) is 4.89. The highest BCUT2D eigenvalue weighted by atomic mass is 32.2. The zero-order valence-electron chi connectivity index (χ0n) is 10.7. The zero-order valence-corrected chi connectivity index (χ0v) is 11.5. The molecule has 0 spiro atoms.